The van der Waals surface area contributed by atoms with Crippen LogP contribution in [0.5, 0.6) is 0 Å². The molecule has 1 aromatic rings. The molecule has 0 atom stereocenters. The highest BCUT2D eigenvalue weighted by Crippen LogP contribution is 2.24. The van der Waals surface area contributed by atoms with Gasteiger partial charge >= 0.3 is 0 Å². The molecule has 0 aromatic heterocycles. The van der Waals surface area contributed by atoms with Crippen molar-refractivity contribution in [3.63, 3.8) is 0 Å². The van der Waals surface area contributed by atoms with E-state index in [0.717, 1.165) is 37.1 Å². The van der Waals surface area contributed by atoms with Crippen molar-refractivity contribution in [2.75, 3.05) is 37.6 Å². The van der Waals surface area contributed by atoms with E-state index in [1.54, 1.807) is 6.07 Å². The Morgan fingerprint density at radius 3 is 2.46 bits per heavy atom. The average molecular weight is 504 g/mol. The average Bonchev–Trinajstić information content (AvgIpc) is 2.67. The lowest BCUT2D eigenvalue weighted by atomic mass is 10.00. The number of rotatable bonds is 4. The Hall–Kier alpha value is -1.09. The van der Waals surface area contributed by atoms with Crippen LogP contribution >= 0.6 is 24.0 Å². The molecule has 2 fully saturated rings. The second kappa shape index (κ2) is 11.2. The summed E-state index contributed by atoms with van der Waals surface area (Å²) < 4.78 is 14.6. The van der Waals surface area contributed by atoms with Gasteiger partial charge in [-0.25, -0.2) is 9.38 Å². The van der Waals surface area contributed by atoms with Crippen LogP contribution in [0.2, 0.25) is 0 Å². The van der Waals surface area contributed by atoms with Gasteiger partial charge in [-0.05, 0) is 56.2 Å². The molecule has 2 aliphatic heterocycles. The summed E-state index contributed by atoms with van der Waals surface area (Å²) in [6.07, 6.45) is 3.54. The zero-order valence-corrected chi connectivity index (χ0v) is 19.4. The summed E-state index contributed by atoms with van der Waals surface area (Å²) in [5.74, 6) is 1.51. The Balaban J connectivity index is 0.00000280. The maximum atomic E-state index is 14.6. The van der Waals surface area contributed by atoms with E-state index < -0.39 is 0 Å². The molecule has 7 heteroatoms. The van der Waals surface area contributed by atoms with Crippen LogP contribution in [0, 0.1) is 11.7 Å². The third-order valence-corrected chi connectivity index (χ3v) is 5.65. The van der Waals surface area contributed by atoms with Gasteiger partial charge in [0.1, 0.15) is 5.82 Å². The number of hydrogen-bond acceptors (Lipinski definition) is 3. The number of anilines is 1. The Kier molecular flexibility index (Phi) is 9.27. The normalized spacial score (nSPS) is 19.5. The SMILES string of the molecule is CCNC(=NCc1ccc(N2CCC(O)CC2)c(F)c1)N1CCC(C)CC1.I. The highest BCUT2D eigenvalue weighted by atomic mass is 127. The molecule has 1 aromatic carbocycles. The number of halogens is 2. The summed E-state index contributed by atoms with van der Waals surface area (Å²) >= 11 is 0. The first-order valence-electron chi connectivity index (χ1n) is 10.3. The van der Waals surface area contributed by atoms with Gasteiger partial charge < -0.3 is 20.2 Å². The van der Waals surface area contributed by atoms with Gasteiger partial charge in [0.25, 0.3) is 0 Å². The zero-order valence-electron chi connectivity index (χ0n) is 17.0. The van der Waals surface area contributed by atoms with E-state index in [0.29, 0.717) is 38.2 Å². The second-order valence-corrected chi connectivity index (χ2v) is 7.84. The number of aliphatic imine (C=N–C) groups is 1. The molecule has 5 nitrogen and oxygen atoms in total. The maximum Gasteiger partial charge on any atom is 0.194 e. The molecule has 3 rings (SSSR count). The molecule has 2 N–H and O–H groups in total. The molecular weight excluding hydrogens is 470 g/mol. The van der Waals surface area contributed by atoms with Crippen molar-refractivity contribution >= 4 is 35.6 Å². The fourth-order valence-electron chi connectivity index (χ4n) is 3.82. The molecule has 0 spiro atoms. The lowest BCUT2D eigenvalue weighted by Crippen LogP contribution is -2.45. The first-order chi connectivity index (χ1) is 13.1. The fraction of sp³-hybridized carbons (Fsp3) is 0.667. The summed E-state index contributed by atoms with van der Waals surface area (Å²) in [4.78, 5) is 9.08. The number of piperidine rings is 2. The second-order valence-electron chi connectivity index (χ2n) is 7.84. The lowest BCUT2D eigenvalue weighted by molar-refractivity contribution is 0.145. The minimum absolute atomic E-state index is 0. The molecule has 28 heavy (non-hydrogen) atoms. The maximum absolute atomic E-state index is 14.6. The number of aliphatic hydroxyl groups is 1. The first kappa shape index (κ1) is 23.2. The van der Waals surface area contributed by atoms with E-state index in [2.05, 4.69) is 24.1 Å². The van der Waals surface area contributed by atoms with Gasteiger partial charge in [0.2, 0.25) is 0 Å². The van der Waals surface area contributed by atoms with Gasteiger partial charge in [0, 0.05) is 32.7 Å². The molecule has 2 aliphatic rings. The Morgan fingerprint density at radius 1 is 1.18 bits per heavy atom. The van der Waals surface area contributed by atoms with Gasteiger partial charge in [-0.2, -0.15) is 0 Å². The van der Waals surface area contributed by atoms with E-state index in [1.165, 1.54) is 12.8 Å². The monoisotopic (exact) mass is 504 g/mol. The zero-order chi connectivity index (χ0) is 19.2. The fourth-order valence-corrected chi connectivity index (χ4v) is 3.82. The number of nitrogens with zero attached hydrogens (tertiary/aromatic N) is 3. The number of likely N-dealkylation sites (tertiary alicyclic amines) is 1. The smallest absolute Gasteiger partial charge is 0.194 e. The third kappa shape index (κ3) is 6.20. The standard InChI is InChI=1S/C21H33FN4O.HI/c1-3-23-21(26-10-6-16(2)7-11-26)24-15-17-4-5-20(19(22)14-17)25-12-8-18(27)9-13-25;/h4-5,14,16,18,27H,3,6-13,15H2,1-2H3,(H,23,24);1H. The van der Waals surface area contributed by atoms with Crippen LogP contribution < -0.4 is 10.2 Å². The summed E-state index contributed by atoms with van der Waals surface area (Å²) in [7, 11) is 0. The minimum Gasteiger partial charge on any atom is -0.393 e. The summed E-state index contributed by atoms with van der Waals surface area (Å²) in [6.45, 7) is 9.15. The number of nitrogens with one attached hydrogen (secondary N) is 1. The van der Waals surface area contributed by atoms with E-state index in [1.807, 2.05) is 17.0 Å². The van der Waals surface area contributed by atoms with Crippen molar-refractivity contribution in [3.8, 4) is 0 Å². The molecule has 0 bridgehead atoms. The number of benzene rings is 1. The van der Waals surface area contributed by atoms with Crippen molar-refractivity contribution < 1.29 is 9.50 Å². The van der Waals surface area contributed by atoms with Crippen molar-refractivity contribution in [1.29, 1.82) is 0 Å². The molecule has 158 valence electrons. The largest absolute Gasteiger partial charge is 0.393 e. The van der Waals surface area contributed by atoms with E-state index in [4.69, 9.17) is 4.99 Å². The predicted octanol–water partition coefficient (Wildman–Crippen LogP) is 3.60. The van der Waals surface area contributed by atoms with Crippen LogP contribution in [0.15, 0.2) is 23.2 Å². The third-order valence-electron chi connectivity index (χ3n) is 5.65. The van der Waals surface area contributed by atoms with Crippen molar-refractivity contribution in [3.05, 3.63) is 29.6 Å². The molecule has 0 amide bonds. The Morgan fingerprint density at radius 2 is 1.86 bits per heavy atom. The van der Waals surface area contributed by atoms with Gasteiger partial charge in [-0.3, -0.25) is 0 Å². The van der Waals surface area contributed by atoms with Crippen LogP contribution in [-0.4, -0.2) is 54.8 Å². The van der Waals surface area contributed by atoms with Gasteiger partial charge in [0.05, 0.1) is 18.3 Å². The lowest BCUT2D eigenvalue weighted by Gasteiger charge is -2.33. The summed E-state index contributed by atoms with van der Waals surface area (Å²) in [6, 6.07) is 5.42. The van der Waals surface area contributed by atoms with Crippen molar-refractivity contribution in [2.45, 2.75) is 52.2 Å². The Labute approximate surface area is 185 Å². The van der Waals surface area contributed by atoms with Gasteiger partial charge in [-0.15, -0.1) is 24.0 Å². The number of aliphatic hydroxyl groups excluding tert-OH is 1. The molecule has 2 heterocycles. The van der Waals surface area contributed by atoms with Crippen LogP contribution in [0.25, 0.3) is 0 Å². The van der Waals surface area contributed by atoms with Gasteiger partial charge in [-0.1, -0.05) is 13.0 Å². The van der Waals surface area contributed by atoms with E-state index in [9.17, 15) is 9.50 Å². The van der Waals surface area contributed by atoms with Crippen molar-refractivity contribution in [2.24, 2.45) is 10.9 Å². The topological polar surface area (TPSA) is 51.1 Å². The molecule has 2 saturated heterocycles. The molecule has 0 radical (unpaired) electrons. The summed E-state index contributed by atoms with van der Waals surface area (Å²) in [5.41, 5.74) is 1.51. The van der Waals surface area contributed by atoms with E-state index in [-0.39, 0.29) is 35.9 Å². The highest BCUT2D eigenvalue weighted by Gasteiger charge is 2.20. The quantitative estimate of drug-likeness (QED) is 0.374. The summed E-state index contributed by atoms with van der Waals surface area (Å²) in [5, 5.41) is 13.0. The number of hydrogen-bond donors (Lipinski definition) is 2. The molecular formula is C21H34FIN4O. The van der Waals surface area contributed by atoms with Crippen molar-refractivity contribution in [1.82, 2.24) is 10.2 Å². The predicted molar refractivity (Wildman–Crippen MR) is 124 cm³/mol. The number of guanidine groups is 1. The van der Waals surface area contributed by atoms with E-state index >= 15 is 0 Å². The Bertz CT molecular complexity index is 641. The highest BCUT2D eigenvalue weighted by molar-refractivity contribution is 14.0. The van der Waals surface area contributed by atoms with Crippen LogP contribution in [-0.2, 0) is 6.54 Å². The minimum atomic E-state index is -0.250. The molecule has 0 saturated carbocycles. The molecule has 0 unspecified atom stereocenters. The van der Waals surface area contributed by atoms with Gasteiger partial charge in [0.15, 0.2) is 5.96 Å². The van der Waals surface area contributed by atoms with Crippen LogP contribution in [0.3, 0.4) is 0 Å². The van der Waals surface area contributed by atoms with Crippen LogP contribution in [0.1, 0.15) is 45.1 Å². The molecule has 0 aliphatic carbocycles. The first-order valence-corrected chi connectivity index (χ1v) is 10.3. The van der Waals surface area contributed by atoms with Crippen LogP contribution in [0.4, 0.5) is 10.1 Å².